The van der Waals surface area contributed by atoms with E-state index in [1.807, 2.05) is 0 Å². The SMILES string of the molecule is CC(=O)NC(C(=O)OCC(=O)N1CCN(c2cccc(C(F)(F)F)c2)CC1)C1CCCC1. The lowest BCUT2D eigenvalue weighted by Gasteiger charge is -2.36. The van der Waals surface area contributed by atoms with Gasteiger partial charge in [0.05, 0.1) is 5.56 Å². The Labute approximate surface area is 184 Å². The van der Waals surface area contributed by atoms with Gasteiger partial charge in [0.25, 0.3) is 5.91 Å². The van der Waals surface area contributed by atoms with Gasteiger partial charge in [-0.05, 0) is 37.0 Å². The molecule has 1 saturated heterocycles. The number of esters is 1. The fourth-order valence-electron chi connectivity index (χ4n) is 4.29. The van der Waals surface area contributed by atoms with Gasteiger partial charge in [0.15, 0.2) is 6.61 Å². The van der Waals surface area contributed by atoms with Gasteiger partial charge in [-0.1, -0.05) is 18.9 Å². The van der Waals surface area contributed by atoms with E-state index in [1.54, 1.807) is 11.0 Å². The quantitative estimate of drug-likeness (QED) is 0.668. The summed E-state index contributed by atoms with van der Waals surface area (Å²) in [6, 6.07) is 4.35. The number of ether oxygens (including phenoxy) is 1. The second-order valence-electron chi connectivity index (χ2n) is 8.25. The highest BCUT2D eigenvalue weighted by molar-refractivity contribution is 5.86. The molecule has 32 heavy (non-hydrogen) atoms. The normalized spacial score (nSPS) is 18.4. The van der Waals surface area contributed by atoms with Crippen molar-refractivity contribution in [2.45, 2.75) is 44.8 Å². The minimum Gasteiger partial charge on any atom is -0.454 e. The molecule has 10 heteroatoms. The van der Waals surface area contributed by atoms with Gasteiger partial charge in [0.1, 0.15) is 6.04 Å². The van der Waals surface area contributed by atoms with Crippen molar-refractivity contribution >= 4 is 23.5 Å². The zero-order valence-electron chi connectivity index (χ0n) is 18.0. The Hall–Kier alpha value is -2.78. The molecule has 1 unspecified atom stereocenters. The molecule has 1 aromatic carbocycles. The highest BCUT2D eigenvalue weighted by Gasteiger charge is 2.34. The number of benzene rings is 1. The van der Waals surface area contributed by atoms with Crippen LogP contribution in [-0.2, 0) is 25.3 Å². The van der Waals surface area contributed by atoms with Crippen LogP contribution >= 0.6 is 0 Å². The van der Waals surface area contributed by atoms with E-state index in [2.05, 4.69) is 5.32 Å². The Bertz CT molecular complexity index is 832. The number of hydrogen-bond donors (Lipinski definition) is 1. The lowest BCUT2D eigenvalue weighted by Crippen LogP contribution is -2.51. The first-order valence-corrected chi connectivity index (χ1v) is 10.8. The Morgan fingerprint density at radius 3 is 2.38 bits per heavy atom. The van der Waals surface area contributed by atoms with Crippen LogP contribution < -0.4 is 10.2 Å². The van der Waals surface area contributed by atoms with Crippen LogP contribution in [0, 0.1) is 5.92 Å². The van der Waals surface area contributed by atoms with E-state index in [0.29, 0.717) is 31.9 Å². The van der Waals surface area contributed by atoms with Crippen molar-refractivity contribution in [2.24, 2.45) is 5.92 Å². The van der Waals surface area contributed by atoms with E-state index in [0.717, 1.165) is 37.8 Å². The molecule has 3 rings (SSSR count). The highest BCUT2D eigenvalue weighted by Crippen LogP contribution is 2.32. The summed E-state index contributed by atoms with van der Waals surface area (Å²) in [5.74, 6) is -1.29. The molecule has 0 bridgehead atoms. The van der Waals surface area contributed by atoms with Gasteiger partial charge in [-0.15, -0.1) is 0 Å². The smallest absolute Gasteiger partial charge is 0.416 e. The van der Waals surface area contributed by atoms with E-state index in [4.69, 9.17) is 4.74 Å². The number of hydrogen-bond acceptors (Lipinski definition) is 5. The van der Waals surface area contributed by atoms with Gasteiger partial charge in [-0.25, -0.2) is 4.79 Å². The largest absolute Gasteiger partial charge is 0.454 e. The van der Waals surface area contributed by atoms with Gasteiger partial charge in [-0.3, -0.25) is 9.59 Å². The molecule has 1 aliphatic heterocycles. The summed E-state index contributed by atoms with van der Waals surface area (Å²) in [5.41, 5.74) is -0.260. The molecule has 2 amide bonds. The zero-order valence-corrected chi connectivity index (χ0v) is 18.0. The number of amides is 2. The van der Waals surface area contributed by atoms with Gasteiger partial charge in [0, 0.05) is 38.8 Å². The van der Waals surface area contributed by atoms with Crippen molar-refractivity contribution in [3.63, 3.8) is 0 Å². The fraction of sp³-hybridized carbons (Fsp3) is 0.591. The maximum atomic E-state index is 12.9. The zero-order chi connectivity index (χ0) is 23.3. The molecule has 0 spiro atoms. The summed E-state index contributed by atoms with van der Waals surface area (Å²) in [6.45, 7) is 2.28. The maximum absolute atomic E-state index is 12.9. The molecule has 1 saturated carbocycles. The van der Waals surface area contributed by atoms with Gasteiger partial charge in [-0.2, -0.15) is 13.2 Å². The van der Waals surface area contributed by atoms with E-state index < -0.39 is 30.4 Å². The predicted octanol–water partition coefficient (Wildman–Crippen LogP) is 2.59. The molecule has 2 fully saturated rings. The monoisotopic (exact) mass is 455 g/mol. The highest BCUT2D eigenvalue weighted by atomic mass is 19.4. The van der Waals surface area contributed by atoms with Crippen LogP contribution in [0.4, 0.5) is 18.9 Å². The summed E-state index contributed by atoms with van der Waals surface area (Å²) in [7, 11) is 0. The molecule has 1 heterocycles. The summed E-state index contributed by atoms with van der Waals surface area (Å²) < 4.78 is 44.0. The van der Waals surface area contributed by atoms with Crippen molar-refractivity contribution in [3.8, 4) is 0 Å². The summed E-state index contributed by atoms with van der Waals surface area (Å²) in [5, 5.41) is 2.64. The number of piperazine rings is 1. The maximum Gasteiger partial charge on any atom is 0.416 e. The lowest BCUT2D eigenvalue weighted by atomic mass is 9.98. The number of halogens is 3. The third kappa shape index (κ3) is 6.14. The number of carbonyl (C=O) groups excluding carboxylic acids is 3. The van der Waals surface area contributed by atoms with Crippen LogP contribution in [0.3, 0.4) is 0 Å². The summed E-state index contributed by atoms with van der Waals surface area (Å²) >= 11 is 0. The molecular formula is C22H28F3N3O4. The number of carbonyl (C=O) groups is 3. The van der Waals surface area contributed by atoms with E-state index in [-0.39, 0.29) is 17.7 Å². The van der Waals surface area contributed by atoms with Gasteiger partial charge < -0.3 is 19.9 Å². The van der Waals surface area contributed by atoms with Crippen molar-refractivity contribution in [3.05, 3.63) is 29.8 Å². The average molecular weight is 455 g/mol. The summed E-state index contributed by atoms with van der Waals surface area (Å²) in [6.07, 6.45) is -0.783. The molecule has 1 N–H and O–H groups in total. The molecular weight excluding hydrogens is 427 g/mol. The Kier molecular flexibility index (Phi) is 7.63. The van der Waals surface area contributed by atoms with Crippen LogP contribution in [0.2, 0.25) is 0 Å². The minimum atomic E-state index is -4.41. The Balaban J connectivity index is 1.50. The van der Waals surface area contributed by atoms with Crippen LogP contribution in [-0.4, -0.2) is 61.5 Å². The fourth-order valence-corrected chi connectivity index (χ4v) is 4.29. The van der Waals surface area contributed by atoms with Crippen LogP contribution in [0.25, 0.3) is 0 Å². The topological polar surface area (TPSA) is 78.9 Å². The minimum absolute atomic E-state index is 0.0116. The Morgan fingerprint density at radius 2 is 1.78 bits per heavy atom. The number of alkyl halides is 3. The van der Waals surface area contributed by atoms with E-state index in [1.165, 1.54) is 17.9 Å². The molecule has 1 aromatic rings. The average Bonchev–Trinajstić information content (AvgIpc) is 3.29. The van der Waals surface area contributed by atoms with Gasteiger partial charge >= 0.3 is 12.1 Å². The number of anilines is 1. The van der Waals surface area contributed by atoms with E-state index in [9.17, 15) is 27.6 Å². The molecule has 7 nitrogen and oxygen atoms in total. The number of nitrogens with zero attached hydrogens (tertiary/aromatic N) is 2. The van der Waals surface area contributed by atoms with Crippen molar-refractivity contribution in [1.82, 2.24) is 10.2 Å². The standard InChI is InChI=1S/C22H28F3N3O4/c1-15(29)26-20(16-5-2-3-6-16)21(31)32-14-19(30)28-11-9-27(10-12-28)18-8-4-7-17(13-18)22(23,24)25/h4,7-8,13,16,20H,2-3,5-6,9-12,14H2,1H3,(H,26,29). The van der Waals surface area contributed by atoms with E-state index >= 15 is 0 Å². The first kappa shape index (κ1) is 23.9. The molecule has 0 radical (unpaired) electrons. The second kappa shape index (κ2) is 10.2. The number of rotatable bonds is 6. The first-order chi connectivity index (χ1) is 15.1. The van der Waals surface area contributed by atoms with Crippen LogP contribution in [0.15, 0.2) is 24.3 Å². The van der Waals surface area contributed by atoms with Crippen LogP contribution in [0.5, 0.6) is 0 Å². The molecule has 2 aliphatic rings. The Morgan fingerprint density at radius 1 is 1.12 bits per heavy atom. The van der Waals surface area contributed by atoms with Crippen molar-refractivity contribution < 1.29 is 32.3 Å². The van der Waals surface area contributed by atoms with Gasteiger partial charge in [0.2, 0.25) is 5.91 Å². The lowest BCUT2D eigenvalue weighted by molar-refractivity contribution is -0.155. The summed E-state index contributed by atoms with van der Waals surface area (Å²) in [4.78, 5) is 39.8. The molecule has 0 aromatic heterocycles. The van der Waals surface area contributed by atoms with Crippen molar-refractivity contribution in [1.29, 1.82) is 0 Å². The van der Waals surface area contributed by atoms with Crippen molar-refractivity contribution in [2.75, 3.05) is 37.7 Å². The molecule has 176 valence electrons. The third-order valence-corrected chi connectivity index (χ3v) is 5.99. The molecule has 1 aliphatic carbocycles. The first-order valence-electron chi connectivity index (χ1n) is 10.8. The second-order valence-corrected chi connectivity index (χ2v) is 8.25. The van der Waals surface area contributed by atoms with Crippen LogP contribution in [0.1, 0.15) is 38.2 Å². The third-order valence-electron chi connectivity index (χ3n) is 5.99. The molecule has 1 atom stereocenters. The predicted molar refractivity (Wildman–Crippen MR) is 111 cm³/mol. The number of nitrogens with one attached hydrogen (secondary N) is 1.